The van der Waals surface area contributed by atoms with Crippen molar-refractivity contribution < 1.29 is 19.3 Å². The Morgan fingerprint density at radius 3 is 2.16 bits per heavy atom. The summed E-state index contributed by atoms with van der Waals surface area (Å²) in [5, 5.41) is 10.6. The van der Waals surface area contributed by atoms with Gasteiger partial charge >= 0.3 is 0 Å². The van der Waals surface area contributed by atoms with Crippen molar-refractivity contribution in [3.63, 3.8) is 0 Å². The van der Waals surface area contributed by atoms with Crippen molar-refractivity contribution in [2.45, 2.75) is 31.8 Å². The molecule has 4 nitrogen and oxygen atoms in total. The summed E-state index contributed by atoms with van der Waals surface area (Å²) in [7, 11) is 4.74. The molecule has 0 spiro atoms. The zero-order valence-corrected chi connectivity index (χ0v) is 12.0. The van der Waals surface area contributed by atoms with Crippen LogP contribution in [-0.2, 0) is 5.60 Å². The molecule has 0 aliphatic heterocycles. The molecule has 0 saturated heterocycles. The van der Waals surface area contributed by atoms with Crippen LogP contribution in [0.3, 0.4) is 0 Å². The highest BCUT2D eigenvalue weighted by atomic mass is 16.5. The third kappa shape index (κ3) is 2.37. The third-order valence-electron chi connectivity index (χ3n) is 3.87. The molecule has 1 N–H and O–H groups in total. The zero-order valence-electron chi connectivity index (χ0n) is 12.0. The molecule has 1 aliphatic rings. The van der Waals surface area contributed by atoms with E-state index in [1.807, 2.05) is 12.1 Å². The average Bonchev–Trinajstić information content (AvgIpc) is 3.09. The topological polar surface area (TPSA) is 47.9 Å². The highest BCUT2D eigenvalue weighted by Crippen LogP contribution is 2.56. The van der Waals surface area contributed by atoms with Crippen molar-refractivity contribution >= 4 is 0 Å². The maximum Gasteiger partial charge on any atom is 0.203 e. The summed E-state index contributed by atoms with van der Waals surface area (Å²) >= 11 is 0. The predicted octanol–water partition coefficient (Wildman–Crippen LogP) is 2.72. The van der Waals surface area contributed by atoms with Crippen LogP contribution in [-0.4, -0.2) is 26.4 Å². The van der Waals surface area contributed by atoms with Crippen molar-refractivity contribution in [2.75, 3.05) is 21.3 Å². The quantitative estimate of drug-likeness (QED) is 0.860. The highest BCUT2D eigenvalue weighted by Gasteiger charge is 2.53. The standard InChI is InChI=1S/C15H22O4/c1-5-6-10-9-15(10,16)11-7-12(17-2)14(19-4)13(8-11)18-3/h7-8,10,16H,5-6,9H2,1-4H3. The van der Waals surface area contributed by atoms with Crippen LogP contribution in [0.25, 0.3) is 0 Å². The molecule has 0 amide bonds. The van der Waals surface area contributed by atoms with E-state index in [-0.39, 0.29) is 0 Å². The number of methoxy groups -OCH3 is 3. The summed E-state index contributed by atoms with van der Waals surface area (Å²) in [4.78, 5) is 0. The SMILES string of the molecule is CCCC1CC1(O)c1cc(OC)c(OC)c(OC)c1. The second-order valence-electron chi connectivity index (χ2n) is 5.03. The van der Waals surface area contributed by atoms with Gasteiger partial charge in [-0.2, -0.15) is 0 Å². The van der Waals surface area contributed by atoms with E-state index in [1.165, 1.54) is 0 Å². The summed E-state index contributed by atoms with van der Waals surface area (Å²) in [6, 6.07) is 3.69. The average molecular weight is 266 g/mol. The van der Waals surface area contributed by atoms with Crippen molar-refractivity contribution in [1.82, 2.24) is 0 Å². The van der Waals surface area contributed by atoms with Crippen LogP contribution < -0.4 is 14.2 Å². The molecule has 2 unspecified atom stereocenters. The molecule has 106 valence electrons. The van der Waals surface area contributed by atoms with E-state index in [2.05, 4.69) is 6.92 Å². The van der Waals surface area contributed by atoms with Gasteiger partial charge in [0, 0.05) is 0 Å². The molecule has 0 bridgehead atoms. The fourth-order valence-electron chi connectivity index (χ4n) is 2.69. The molecular formula is C15H22O4. The smallest absolute Gasteiger partial charge is 0.203 e. The third-order valence-corrected chi connectivity index (χ3v) is 3.87. The minimum atomic E-state index is -0.733. The lowest BCUT2D eigenvalue weighted by molar-refractivity contribution is 0.128. The lowest BCUT2D eigenvalue weighted by atomic mass is 10.0. The lowest BCUT2D eigenvalue weighted by Gasteiger charge is -2.17. The fourth-order valence-corrected chi connectivity index (χ4v) is 2.69. The summed E-state index contributed by atoms with van der Waals surface area (Å²) in [5.41, 5.74) is 0.114. The Balaban J connectivity index is 2.38. The van der Waals surface area contributed by atoms with Crippen LogP contribution in [0.2, 0.25) is 0 Å². The van der Waals surface area contributed by atoms with Crippen LogP contribution in [0, 0.1) is 5.92 Å². The van der Waals surface area contributed by atoms with E-state index >= 15 is 0 Å². The molecule has 2 atom stereocenters. The Kier molecular flexibility index (Phi) is 3.90. The number of aliphatic hydroxyl groups is 1. The van der Waals surface area contributed by atoms with E-state index in [0.29, 0.717) is 23.2 Å². The second-order valence-corrected chi connectivity index (χ2v) is 5.03. The van der Waals surface area contributed by atoms with E-state index in [9.17, 15) is 5.11 Å². The van der Waals surface area contributed by atoms with Gasteiger partial charge in [-0.3, -0.25) is 0 Å². The highest BCUT2D eigenvalue weighted by molar-refractivity contribution is 5.55. The number of hydrogen-bond acceptors (Lipinski definition) is 4. The Bertz CT molecular complexity index is 432. The van der Waals surface area contributed by atoms with Gasteiger partial charge < -0.3 is 19.3 Å². The molecule has 1 aromatic rings. The van der Waals surface area contributed by atoms with Gasteiger partial charge in [0.2, 0.25) is 5.75 Å². The molecule has 1 aliphatic carbocycles. The summed E-state index contributed by atoms with van der Waals surface area (Å²) in [6.07, 6.45) is 2.92. The number of hydrogen-bond donors (Lipinski definition) is 1. The molecule has 19 heavy (non-hydrogen) atoms. The normalized spacial score (nSPS) is 25.0. The van der Waals surface area contributed by atoms with Crippen LogP contribution in [0.1, 0.15) is 31.7 Å². The van der Waals surface area contributed by atoms with E-state index in [1.54, 1.807) is 21.3 Å². The van der Waals surface area contributed by atoms with Gasteiger partial charge in [0.25, 0.3) is 0 Å². The molecular weight excluding hydrogens is 244 g/mol. The van der Waals surface area contributed by atoms with Gasteiger partial charge in [0.1, 0.15) is 0 Å². The molecule has 4 heteroatoms. The van der Waals surface area contributed by atoms with Crippen molar-refractivity contribution in [2.24, 2.45) is 5.92 Å². The monoisotopic (exact) mass is 266 g/mol. The first kappa shape index (κ1) is 14.0. The predicted molar refractivity (Wildman–Crippen MR) is 73.0 cm³/mol. The molecule has 0 heterocycles. The van der Waals surface area contributed by atoms with E-state index in [4.69, 9.17) is 14.2 Å². The lowest BCUT2D eigenvalue weighted by Crippen LogP contribution is -2.10. The maximum atomic E-state index is 10.6. The Hall–Kier alpha value is -1.42. The van der Waals surface area contributed by atoms with Crippen LogP contribution in [0.4, 0.5) is 0 Å². The first-order valence-corrected chi connectivity index (χ1v) is 6.63. The van der Waals surface area contributed by atoms with Gasteiger partial charge in [-0.25, -0.2) is 0 Å². The van der Waals surface area contributed by atoms with Gasteiger partial charge in [-0.05, 0) is 36.5 Å². The summed E-state index contributed by atoms with van der Waals surface area (Å²) in [5.74, 6) is 2.07. The summed E-state index contributed by atoms with van der Waals surface area (Å²) < 4.78 is 15.9. The molecule has 1 fully saturated rings. The van der Waals surface area contributed by atoms with Crippen molar-refractivity contribution in [1.29, 1.82) is 0 Å². The van der Waals surface area contributed by atoms with Gasteiger partial charge in [-0.1, -0.05) is 13.3 Å². The minimum Gasteiger partial charge on any atom is -0.493 e. The zero-order chi connectivity index (χ0) is 14.0. The maximum absolute atomic E-state index is 10.6. The molecule has 1 saturated carbocycles. The van der Waals surface area contributed by atoms with Crippen LogP contribution >= 0.6 is 0 Å². The molecule has 1 aromatic carbocycles. The van der Waals surface area contributed by atoms with Gasteiger partial charge in [-0.15, -0.1) is 0 Å². The van der Waals surface area contributed by atoms with Gasteiger partial charge in [0.15, 0.2) is 11.5 Å². The molecule has 2 rings (SSSR count). The van der Waals surface area contributed by atoms with E-state index in [0.717, 1.165) is 24.8 Å². The molecule has 0 aromatic heterocycles. The largest absolute Gasteiger partial charge is 0.493 e. The molecule has 0 radical (unpaired) electrons. The summed E-state index contributed by atoms with van der Waals surface area (Å²) in [6.45, 7) is 2.13. The van der Waals surface area contributed by atoms with Crippen molar-refractivity contribution in [3.05, 3.63) is 17.7 Å². The number of rotatable bonds is 6. The van der Waals surface area contributed by atoms with E-state index < -0.39 is 5.60 Å². The first-order valence-electron chi connectivity index (χ1n) is 6.63. The van der Waals surface area contributed by atoms with Crippen LogP contribution in [0.5, 0.6) is 17.2 Å². The minimum absolute atomic E-state index is 0.334. The Labute approximate surface area is 114 Å². The van der Waals surface area contributed by atoms with Crippen LogP contribution in [0.15, 0.2) is 12.1 Å². The first-order chi connectivity index (χ1) is 9.10. The fraction of sp³-hybridized carbons (Fsp3) is 0.600. The number of benzene rings is 1. The Morgan fingerprint density at radius 1 is 1.16 bits per heavy atom. The second kappa shape index (κ2) is 5.29. The Morgan fingerprint density at radius 2 is 1.74 bits per heavy atom. The van der Waals surface area contributed by atoms with Crippen molar-refractivity contribution in [3.8, 4) is 17.2 Å². The number of ether oxygens (including phenoxy) is 3. The van der Waals surface area contributed by atoms with Gasteiger partial charge in [0.05, 0.1) is 26.9 Å².